The van der Waals surface area contributed by atoms with Gasteiger partial charge in [0.15, 0.2) is 9.84 Å². The van der Waals surface area contributed by atoms with Crippen LogP contribution in [0, 0.1) is 11.6 Å². The van der Waals surface area contributed by atoms with Crippen molar-refractivity contribution in [1.82, 2.24) is 4.31 Å². The van der Waals surface area contributed by atoms with Gasteiger partial charge in [-0.3, -0.25) is 0 Å². The lowest BCUT2D eigenvalue weighted by molar-refractivity contribution is 0.427. The lowest BCUT2D eigenvalue weighted by Crippen LogP contribution is -2.34. The highest BCUT2D eigenvalue weighted by atomic mass is 32.2. The molecule has 1 atom stereocenters. The minimum atomic E-state index is -3.98. The highest BCUT2D eigenvalue weighted by molar-refractivity contribution is 7.92. The lowest BCUT2D eigenvalue weighted by Gasteiger charge is -2.19. The number of hydrogen-bond acceptors (Lipinski definition) is 5. The van der Waals surface area contributed by atoms with E-state index < -0.39 is 42.5 Å². The second kappa shape index (κ2) is 7.34. The van der Waals surface area contributed by atoms with Crippen LogP contribution in [0.25, 0.3) is 0 Å². The molecule has 0 N–H and O–H groups in total. The van der Waals surface area contributed by atoms with Crippen LogP contribution in [-0.2, 0) is 25.6 Å². The quantitative estimate of drug-likeness (QED) is 0.761. The molecular weight excluding hydrogens is 404 g/mol. The molecule has 0 saturated carbocycles. The van der Waals surface area contributed by atoms with Crippen molar-refractivity contribution < 1.29 is 25.6 Å². The molecule has 1 fully saturated rings. The third kappa shape index (κ3) is 4.13. The van der Waals surface area contributed by atoms with Crippen LogP contribution in [0.2, 0.25) is 0 Å². The van der Waals surface area contributed by atoms with Gasteiger partial charge in [-0.1, -0.05) is 6.07 Å². The first-order chi connectivity index (χ1) is 12.2. The first-order valence-electron chi connectivity index (χ1n) is 7.86. The van der Waals surface area contributed by atoms with Gasteiger partial charge in [0, 0.05) is 23.5 Å². The summed E-state index contributed by atoms with van der Waals surface area (Å²) in [6, 6.07) is 6.10. The maximum absolute atomic E-state index is 13.8. The summed E-state index contributed by atoms with van der Waals surface area (Å²) in [6.45, 7) is -0.176. The molecule has 10 heteroatoms. The van der Waals surface area contributed by atoms with Gasteiger partial charge in [-0.05, 0) is 36.1 Å². The Morgan fingerprint density at radius 1 is 1.19 bits per heavy atom. The van der Waals surface area contributed by atoms with E-state index in [1.165, 1.54) is 11.3 Å². The number of rotatable bonds is 4. The first-order valence-corrected chi connectivity index (χ1v) is 12.1. The van der Waals surface area contributed by atoms with Crippen molar-refractivity contribution in [3.8, 4) is 0 Å². The van der Waals surface area contributed by atoms with Crippen molar-refractivity contribution in [2.24, 2.45) is 0 Å². The summed E-state index contributed by atoms with van der Waals surface area (Å²) in [7, 11) is -7.47. The second-order valence-electron chi connectivity index (χ2n) is 6.05. The molecule has 2 heterocycles. The number of sulfonamides is 1. The fraction of sp³-hybridized carbons (Fsp3) is 0.375. The smallest absolute Gasteiger partial charge is 0.218 e. The minimum absolute atomic E-state index is 0.0149. The largest absolute Gasteiger partial charge is 0.228 e. The van der Waals surface area contributed by atoms with Gasteiger partial charge < -0.3 is 0 Å². The summed E-state index contributed by atoms with van der Waals surface area (Å²) < 4.78 is 78.4. The zero-order valence-electron chi connectivity index (χ0n) is 13.6. The van der Waals surface area contributed by atoms with Crippen molar-refractivity contribution in [2.75, 3.05) is 18.8 Å². The first kappa shape index (κ1) is 19.4. The van der Waals surface area contributed by atoms with Crippen LogP contribution < -0.4 is 0 Å². The normalized spacial score (nSPS) is 21.4. The molecule has 26 heavy (non-hydrogen) atoms. The molecular formula is C16H17F2NO4S3. The Bertz CT molecular complexity index is 989. The summed E-state index contributed by atoms with van der Waals surface area (Å²) in [5.74, 6) is -2.55. The SMILES string of the molecule is O=S1(=O)CCN(S(=O)(=O)Cc2cc(F)ccc2F)CCC1c1cccs1. The predicted molar refractivity (Wildman–Crippen MR) is 96.0 cm³/mol. The Balaban J connectivity index is 1.82. The standard InChI is InChI=1S/C16H17F2NO4S3/c17-13-3-4-14(18)12(10-13)11-26(22,23)19-6-5-16(15-2-1-8-24-15)25(20,21)9-7-19/h1-4,8,10,16H,5-7,9,11H2. The van der Waals surface area contributed by atoms with E-state index in [0.29, 0.717) is 4.88 Å². The summed E-state index contributed by atoms with van der Waals surface area (Å²) in [6.07, 6.45) is 0.133. The number of hydrogen-bond donors (Lipinski definition) is 0. The molecule has 1 aromatic carbocycles. The average Bonchev–Trinajstić information content (AvgIpc) is 3.01. The Kier molecular flexibility index (Phi) is 5.48. The number of nitrogens with zero attached hydrogens (tertiary/aromatic N) is 1. The summed E-state index contributed by atoms with van der Waals surface area (Å²) in [4.78, 5) is 0.681. The number of halogens is 2. The molecule has 142 valence electrons. The molecule has 0 bridgehead atoms. The Morgan fingerprint density at radius 2 is 1.96 bits per heavy atom. The van der Waals surface area contributed by atoms with E-state index >= 15 is 0 Å². The average molecular weight is 422 g/mol. The van der Waals surface area contributed by atoms with Crippen LogP contribution in [-0.4, -0.2) is 40.0 Å². The molecule has 1 unspecified atom stereocenters. The Morgan fingerprint density at radius 3 is 2.65 bits per heavy atom. The third-order valence-corrected chi connectivity index (χ3v) is 9.37. The van der Waals surface area contributed by atoms with Gasteiger partial charge in [-0.2, -0.15) is 0 Å². The maximum Gasteiger partial charge on any atom is 0.218 e. The molecule has 1 aromatic heterocycles. The Labute approximate surface area is 155 Å². The van der Waals surface area contributed by atoms with Crippen LogP contribution in [0.3, 0.4) is 0 Å². The van der Waals surface area contributed by atoms with Crippen LogP contribution in [0.4, 0.5) is 8.78 Å². The van der Waals surface area contributed by atoms with Gasteiger partial charge in [-0.15, -0.1) is 11.3 Å². The molecule has 1 aliphatic heterocycles. The summed E-state index contributed by atoms with van der Waals surface area (Å²) in [5.41, 5.74) is -0.271. The topological polar surface area (TPSA) is 71.5 Å². The van der Waals surface area contributed by atoms with Gasteiger partial charge in [0.25, 0.3) is 0 Å². The van der Waals surface area contributed by atoms with Gasteiger partial charge >= 0.3 is 0 Å². The molecule has 1 aliphatic rings. The van der Waals surface area contributed by atoms with E-state index in [2.05, 4.69) is 0 Å². The highest BCUT2D eigenvalue weighted by Gasteiger charge is 2.35. The van der Waals surface area contributed by atoms with Crippen molar-refractivity contribution in [3.63, 3.8) is 0 Å². The summed E-state index contributed by atoms with van der Waals surface area (Å²) >= 11 is 1.32. The van der Waals surface area contributed by atoms with E-state index in [-0.39, 0.29) is 30.8 Å². The van der Waals surface area contributed by atoms with Crippen LogP contribution in [0.5, 0.6) is 0 Å². The maximum atomic E-state index is 13.8. The van der Waals surface area contributed by atoms with Crippen molar-refractivity contribution in [2.45, 2.75) is 17.4 Å². The zero-order valence-corrected chi connectivity index (χ0v) is 16.1. The van der Waals surface area contributed by atoms with Gasteiger partial charge in [0.05, 0.1) is 16.8 Å². The number of sulfone groups is 1. The molecule has 0 amide bonds. The molecule has 1 saturated heterocycles. The van der Waals surface area contributed by atoms with E-state index in [4.69, 9.17) is 0 Å². The predicted octanol–water partition coefficient (Wildman–Crippen LogP) is 2.72. The van der Waals surface area contributed by atoms with Crippen molar-refractivity contribution in [3.05, 3.63) is 57.8 Å². The van der Waals surface area contributed by atoms with Crippen LogP contribution in [0.15, 0.2) is 35.7 Å². The second-order valence-corrected chi connectivity index (χ2v) is 11.3. The highest BCUT2D eigenvalue weighted by Crippen LogP contribution is 2.33. The fourth-order valence-corrected chi connectivity index (χ4v) is 7.61. The number of benzene rings is 1. The van der Waals surface area contributed by atoms with Gasteiger partial charge in [0.1, 0.15) is 11.6 Å². The van der Waals surface area contributed by atoms with E-state index in [1.807, 2.05) is 0 Å². The molecule has 0 aliphatic carbocycles. The van der Waals surface area contributed by atoms with Gasteiger partial charge in [0.2, 0.25) is 10.0 Å². The molecule has 2 aromatic rings. The zero-order chi connectivity index (χ0) is 18.9. The van der Waals surface area contributed by atoms with E-state index in [1.54, 1.807) is 17.5 Å². The molecule has 0 radical (unpaired) electrons. The summed E-state index contributed by atoms with van der Waals surface area (Å²) in [5, 5.41) is 1.03. The Hall–Kier alpha value is -1.36. The minimum Gasteiger partial charge on any atom is -0.228 e. The fourth-order valence-electron chi connectivity index (χ4n) is 2.94. The van der Waals surface area contributed by atoms with Crippen molar-refractivity contribution >= 4 is 31.2 Å². The van der Waals surface area contributed by atoms with Crippen LogP contribution >= 0.6 is 11.3 Å². The monoisotopic (exact) mass is 421 g/mol. The van der Waals surface area contributed by atoms with Crippen LogP contribution in [0.1, 0.15) is 22.1 Å². The third-order valence-electron chi connectivity index (χ3n) is 4.30. The van der Waals surface area contributed by atoms with Gasteiger partial charge in [-0.25, -0.2) is 29.9 Å². The number of thiophene rings is 1. The molecule has 3 rings (SSSR count). The molecule has 5 nitrogen and oxygen atoms in total. The van der Waals surface area contributed by atoms with Crippen molar-refractivity contribution in [1.29, 1.82) is 0 Å². The van der Waals surface area contributed by atoms with E-state index in [0.717, 1.165) is 22.5 Å². The lowest BCUT2D eigenvalue weighted by atomic mass is 10.2. The van der Waals surface area contributed by atoms with E-state index in [9.17, 15) is 25.6 Å². The molecule has 0 spiro atoms.